The number of nitrogens with zero attached hydrogens (tertiary/aromatic N) is 5. The maximum atomic E-state index is 13.2. The molecule has 35 heavy (non-hydrogen) atoms. The first-order valence-corrected chi connectivity index (χ1v) is 12.2. The molecule has 0 radical (unpaired) electrons. The highest BCUT2D eigenvalue weighted by molar-refractivity contribution is 5.85. The highest BCUT2D eigenvalue weighted by atomic mass is 16.3. The lowest BCUT2D eigenvalue weighted by atomic mass is 10.1. The van der Waals surface area contributed by atoms with Crippen molar-refractivity contribution in [2.75, 3.05) is 37.6 Å². The molecule has 1 aromatic carbocycles. The monoisotopic (exact) mass is 475 g/mol. The van der Waals surface area contributed by atoms with Crippen molar-refractivity contribution in [2.45, 2.75) is 33.2 Å². The average Bonchev–Trinajstić information content (AvgIpc) is 3.25. The van der Waals surface area contributed by atoms with E-state index in [0.717, 1.165) is 30.0 Å². The van der Waals surface area contributed by atoms with Gasteiger partial charge in [-0.15, -0.1) is 10.2 Å². The second kappa shape index (κ2) is 11.6. The van der Waals surface area contributed by atoms with E-state index in [2.05, 4.69) is 15.1 Å². The summed E-state index contributed by atoms with van der Waals surface area (Å²) in [6, 6.07) is 17.6. The van der Waals surface area contributed by atoms with Gasteiger partial charge in [0.05, 0.1) is 18.5 Å². The van der Waals surface area contributed by atoms with E-state index in [4.69, 9.17) is 4.42 Å². The highest BCUT2D eigenvalue weighted by Gasteiger charge is 2.25. The minimum absolute atomic E-state index is 0.0324. The van der Waals surface area contributed by atoms with Crippen LogP contribution in [0.4, 0.5) is 5.82 Å². The topological polar surface area (TPSA) is 82.8 Å². The molecule has 8 nitrogen and oxygen atoms in total. The first-order chi connectivity index (χ1) is 17.0. The molecule has 3 heterocycles. The summed E-state index contributed by atoms with van der Waals surface area (Å²) >= 11 is 0. The minimum atomic E-state index is -0.0407. The first-order valence-electron chi connectivity index (χ1n) is 12.2. The summed E-state index contributed by atoms with van der Waals surface area (Å²) in [6.45, 7) is 7.05. The van der Waals surface area contributed by atoms with Crippen molar-refractivity contribution in [1.29, 1.82) is 0 Å². The zero-order valence-corrected chi connectivity index (χ0v) is 20.5. The van der Waals surface area contributed by atoms with Crippen molar-refractivity contribution in [3.05, 3.63) is 66.6 Å². The highest BCUT2D eigenvalue weighted by Crippen LogP contribution is 2.19. The number of carbonyl (C=O) groups excluding carboxylic acids is 2. The summed E-state index contributed by atoms with van der Waals surface area (Å²) in [4.78, 5) is 31.6. The van der Waals surface area contributed by atoms with Crippen molar-refractivity contribution < 1.29 is 14.0 Å². The molecule has 1 saturated heterocycles. The summed E-state index contributed by atoms with van der Waals surface area (Å²) in [5.74, 6) is 1.63. The lowest BCUT2D eigenvalue weighted by Crippen LogP contribution is -2.44. The molecule has 2 amide bonds. The smallest absolute Gasteiger partial charge is 0.242 e. The molecule has 0 N–H and O–H groups in total. The fourth-order valence-corrected chi connectivity index (χ4v) is 4.22. The Hall–Kier alpha value is -3.68. The quantitative estimate of drug-likeness (QED) is 0.492. The molecule has 0 spiro atoms. The molecule has 0 unspecified atom stereocenters. The maximum Gasteiger partial charge on any atom is 0.242 e. The predicted molar refractivity (Wildman–Crippen MR) is 134 cm³/mol. The second-order valence-electron chi connectivity index (χ2n) is 9.29. The van der Waals surface area contributed by atoms with Crippen molar-refractivity contribution in [3.63, 3.8) is 0 Å². The third kappa shape index (κ3) is 6.68. The van der Waals surface area contributed by atoms with Gasteiger partial charge >= 0.3 is 0 Å². The van der Waals surface area contributed by atoms with Crippen LogP contribution in [0.3, 0.4) is 0 Å². The number of rotatable bonds is 8. The Labute approximate surface area is 206 Å². The number of hydrogen-bond donors (Lipinski definition) is 0. The molecule has 8 heteroatoms. The van der Waals surface area contributed by atoms with E-state index in [-0.39, 0.29) is 24.3 Å². The average molecular weight is 476 g/mol. The number of furan rings is 1. The number of anilines is 1. The van der Waals surface area contributed by atoms with Gasteiger partial charge in [0, 0.05) is 38.2 Å². The third-order valence-electron chi connectivity index (χ3n) is 6.08. The van der Waals surface area contributed by atoms with E-state index in [1.807, 2.05) is 67.3 Å². The van der Waals surface area contributed by atoms with Gasteiger partial charge in [-0.2, -0.15) is 0 Å². The van der Waals surface area contributed by atoms with Crippen molar-refractivity contribution >= 4 is 17.6 Å². The second-order valence-corrected chi connectivity index (χ2v) is 9.29. The third-order valence-corrected chi connectivity index (χ3v) is 6.08. The summed E-state index contributed by atoms with van der Waals surface area (Å²) in [5.41, 5.74) is 1.87. The summed E-state index contributed by atoms with van der Waals surface area (Å²) in [5, 5.41) is 8.84. The molecule has 1 fully saturated rings. The summed E-state index contributed by atoms with van der Waals surface area (Å²) in [7, 11) is 0. The van der Waals surface area contributed by atoms with Gasteiger partial charge in [0.2, 0.25) is 11.8 Å². The van der Waals surface area contributed by atoms with E-state index < -0.39 is 0 Å². The van der Waals surface area contributed by atoms with Crippen LogP contribution in [0.1, 0.15) is 32.4 Å². The molecule has 0 atom stereocenters. The van der Waals surface area contributed by atoms with E-state index in [0.29, 0.717) is 38.4 Å². The first kappa shape index (κ1) is 24.4. The van der Waals surface area contributed by atoms with Crippen LogP contribution >= 0.6 is 0 Å². The van der Waals surface area contributed by atoms with Crippen LogP contribution in [-0.2, 0) is 16.1 Å². The molecule has 0 bridgehead atoms. The molecule has 4 rings (SSSR count). The molecule has 1 aliphatic heterocycles. The maximum absolute atomic E-state index is 13.2. The van der Waals surface area contributed by atoms with Crippen LogP contribution in [0.2, 0.25) is 0 Å². The van der Waals surface area contributed by atoms with Gasteiger partial charge in [0.1, 0.15) is 12.3 Å². The zero-order valence-electron chi connectivity index (χ0n) is 20.5. The Morgan fingerprint density at radius 1 is 0.971 bits per heavy atom. The molecule has 3 aromatic rings. The molecule has 184 valence electrons. The molecule has 0 aliphatic carbocycles. The van der Waals surface area contributed by atoms with Crippen molar-refractivity contribution in [2.24, 2.45) is 5.92 Å². The number of carbonyl (C=O) groups is 2. The summed E-state index contributed by atoms with van der Waals surface area (Å²) < 4.78 is 5.43. The fraction of sp³-hybridized carbons (Fsp3) is 0.407. The van der Waals surface area contributed by atoms with Gasteiger partial charge in [0.15, 0.2) is 5.82 Å². The van der Waals surface area contributed by atoms with Crippen LogP contribution in [0.5, 0.6) is 0 Å². The van der Waals surface area contributed by atoms with E-state index in [9.17, 15) is 9.59 Å². The molecule has 2 aromatic heterocycles. The Bertz CT molecular complexity index is 1080. The molecular formula is C27H33N5O3. The number of amides is 2. The Morgan fingerprint density at radius 3 is 2.49 bits per heavy atom. The minimum Gasteiger partial charge on any atom is -0.467 e. The van der Waals surface area contributed by atoms with Crippen LogP contribution in [0, 0.1) is 5.92 Å². The van der Waals surface area contributed by atoms with Gasteiger partial charge < -0.3 is 19.1 Å². The molecule has 0 saturated carbocycles. The number of hydrogen-bond acceptors (Lipinski definition) is 6. The fourth-order valence-electron chi connectivity index (χ4n) is 4.22. The lowest BCUT2D eigenvalue weighted by molar-refractivity contribution is -0.141. The Balaban J connectivity index is 1.36. The SMILES string of the molecule is CC(C)CC(=O)N(CC(=O)N1CCCN(c2ccc(-c3ccccc3)nn2)CC1)Cc1ccco1. The van der Waals surface area contributed by atoms with Gasteiger partial charge in [-0.1, -0.05) is 44.2 Å². The van der Waals surface area contributed by atoms with Crippen LogP contribution in [0.25, 0.3) is 11.3 Å². The van der Waals surface area contributed by atoms with Gasteiger partial charge in [-0.25, -0.2) is 0 Å². The van der Waals surface area contributed by atoms with E-state index >= 15 is 0 Å². The Kier molecular flexibility index (Phi) is 8.13. The lowest BCUT2D eigenvalue weighted by Gasteiger charge is -2.27. The van der Waals surface area contributed by atoms with Gasteiger partial charge in [0.25, 0.3) is 0 Å². The number of aromatic nitrogens is 2. The van der Waals surface area contributed by atoms with Crippen LogP contribution < -0.4 is 4.90 Å². The van der Waals surface area contributed by atoms with Gasteiger partial charge in [-0.3, -0.25) is 9.59 Å². The van der Waals surface area contributed by atoms with Crippen molar-refractivity contribution in [1.82, 2.24) is 20.0 Å². The van der Waals surface area contributed by atoms with Gasteiger partial charge in [-0.05, 0) is 36.6 Å². The standard InChI is InChI=1S/C27H33N5O3/c1-21(2)18-26(33)32(19-23-10-6-17-35-23)20-27(34)31-14-7-13-30(15-16-31)25-12-11-24(28-29-25)22-8-4-3-5-9-22/h3-6,8-12,17,21H,7,13-16,18-20H2,1-2H3. The number of benzene rings is 1. The molecular weight excluding hydrogens is 442 g/mol. The van der Waals surface area contributed by atoms with Crippen LogP contribution in [0.15, 0.2) is 65.3 Å². The van der Waals surface area contributed by atoms with Crippen LogP contribution in [-0.4, -0.2) is 64.5 Å². The van der Waals surface area contributed by atoms with E-state index in [1.165, 1.54) is 0 Å². The normalized spacial score (nSPS) is 14.1. The zero-order chi connectivity index (χ0) is 24.6. The van der Waals surface area contributed by atoms with E-state index in [1.54, 1.807) is 17.2 Å². The molecule has 1 aliphatic rings. The van der Waals surface area contributed by atoms with Crippen molar-refractivity contribution in [3.8, 4) is 11.3 Å². The summed E-state index contributed by atoms with van der Waals surface area (Å²) in [6.07, 6.45) is 2.81. The largest absolute Gasteiger partial charge is 0.467 e. The predicted octanol–water partition coefficient (Wildman–Crippen LogP) is 3.85. The Morgan fingerprint density at radius 2 is 1.80 bits per heavy atom.